The van der Waals surface area contributed by atoms with Gasteiger partial charge < -0.3 is 16.8 Å². The van der Waals surface area contributed by atoms with Crippen molar-refractivity contribution in [1.82, 2.24) is 15.2 Å². The molecule has 0 aliphatic heterocycles. The van der Waals surface area contributed by atoms with E-state index in [-0.39, 0.29) is 0 Å². The van der Waals surface area contributed by atoms with Gasteiger partial charge in [0, 0.05) is 18.7 Å². The van der Waals surface area contributed by atoms with E-state index in [2.05, 4.69) is 20.5 Å². The first-order chi connectivity index (χ1) is 9.47. The van der Waals surface area contributed by atoms with E-state index in [0.29, 0.717) is 29.5 Å². The van der Waals surface area contributed by atoms with Crippen molar-refractivity contribution >= 4 is 28.2 Å². The van der Waals surface area contributed by atoms with E-state index in [1.165, 1.54) is 11.3 Å². The molecule has 0 aliphatic rings. The van der Waals surface area contributed by atoms with Gasteiger partial charge in [0.2, 0.25) is 5.13 Å². The van der Waals surface area contributed by atoms with E-state index in [1.807, 2.05) is 13.8 Å². The van der Waals surface area contributed by atoms with Crippen LogP contribution in [0.5, 0.6) is 0 Å². The van der Waals surface area contributed by atoms with E-state index in [9.17, 15) is 4.79 Å². The number of hydrogen-bond acceptors (Lipinski definition) is 7. The van der Waals surface area contributed by atoms with Crippen LogP contribution in [-0.4, -0.2) is 27.6 Å². The van der Waals surface area contributed by atoms with Crippen LogP contribution in [0.2, 0.25) is 0 Å². The monoisotopic (exact) mass is 292 g/mol. The highest BCUT2D eigenvalue weighted by Crippen LogP contribution is 2.17. The van der Waals surface area contributed by atoms with Crippen LogP contribution < -0.4 is 16.8 Å². The van der Waals surface area contributed by atoms with Gasteiger partial charge >= 0.3 is 0 Å². The average molecular weight is 292 g/mol. The summed E-state index contributed by atoms with van der Waals surface area (Å²) in [5.41, 5.74) is 13.1. The van der Waals surface area contributed by atoms with Gasteiger partial charge in [-0.3, -0.25) is 4.79 Å². The first-order valence-corrected chi connectivity index (χ1v) is 6.89. The topological polar surface area (TPSA) is 120 Å². The van der Waals surface area contributed by atoms with Gasteiger partial charge in [0.15, 0.2) is 0 Å². The zero-order chi connectivity index (χ0) is 14.7. The molecule has 2 aromatic heterocycles. The molecular formula is C12H16N6OS. The van der Waals surface area contributed by atoms with Crippen LogP contribution >= 0.6 is 11.3 Å². The summed E-state index contributed by atoms with van der Waals surface area (Å²) in [6.45, 7) is 4.35. The zero-order valence-electron chi connectivity index (χ0n) is 11.3. The molecule has 1 amide bonds. The number of rotatable bonds is 5. The van der Waals surface area contributed by atoms with E-state index >= 15 is 0 Å². The largest absolute Gasteiger partial charge is 0.374 e. The van der Waals surface area contributed by atoms with Crippen LogP contribution in [0, 0.1) is 13.8 Å². The summed E-state index contributed by atoms with van der Waals surface area (Å²) in [5.74, 6) is 0.00125. The normalized spacial score (nSPS) is 10.5. The number of nitrogens with zero attached hydrogens (tertiary/aromatic N) is 3. The molecule has 5 N–H and O–H groups in total. The van der Waals surface area contributed by atoms with Gasteiger partial charge in [-0.1, -0.05) is 11.3 Å². The summed E-state index contributed by atoms with van der Waals surface area (Å²) < 4.78 is 0. The second-order valence-electron chi connectivity index (χ2n) is 4.36. The second-order valence-corrected chi connectivity index (χ2v) is 5.46. The van der Waals surface area contributed by atoms with Crippen molar-refractivity contribution in [2.24, 2.45) is 5.73 Å². The third-order valence-electron chi connectivity index (χ3n) is 2.85. The van der Waals surface area contributed by atoms with Crippen molar-refractivity contribution in [3.63, 3.8) is 0 Å². The number of aryl methyl sites for hydroxylation is 2. The van der Waals surface area contributed by atoms with Crippen LogP contribution in [0.25, 0.3) is 0 Å². The molecule has 20 heavy (non-hydrogen) atoms. The summed E-state index contributed by atoms with van der Waals surface area (Å²) in [6, 6.07) is 1.75. The fourth-order valence-electron chi connectivity index (χ4n) is 1.68. The van der Waals surface area contributed by atoms with Crippen LogP contribution in [0.3, 0.4) is 0 Å². The Bertz CT molecular complexity index is 639. The molecule has 2 rings (SSSR count). The predicted octanol–water partition coefficient (Wildman–Crippen LogP) is 0.886. The highest BCUT2D eigenvalue weighted by molar-refractivity contribution is 7.15. The van der Waals surface area contributed by atoms with Gasteiger partial charge in [0.25, 0.3) is 5.91 Å². The number of pyridine rings is 1. The van der Waals surface area contributed by atoms with Crippen LogP contribution in [0.15, 0.2) is 6.07 Å². The minimum absolute atomic E-state index is 0.393. The van der Waals surface area contributed by atoms with Crippen molar-refractivity contribution in [3.05, 3.63) is 27.9 Å². The summed E-state index contributed by atoms with van der Waals surface area (Å²) in [6.07, 6.45) is 0.654. The highest BCUT2D eigenvalue weighted by Gasteiger charge is 2.12. The molecule has 2 heterocycles. The Balaban J connectivity index is 2.08. The number of hydrogen-bond donors (Lipinski definition) is 3. The fourth-order valence-corrected chi connectivity index (χ4v) is 2.29. The van der Waals surface area contributed by atoms with Crippen molar-refractivity contribution in [1.29, 1.82) is 0 Å². The molecule has 8 heteroatoms. The summed E-state index contributed by atoms with van der Waals surface area (Å²) >= 11 is 1.34. The maximum absolute atomic E-state index is 11.4. The number of carbonyl (C=O) groups excluding carboxylic acids is 1. The SMILES string of the molecule is Cc1cc(C(N)=O)c(NCCc2nnc(N)s2)nc1C. The number of nitrogens with one attached hydrogen (secondary N) is 1. The van der Waals surface area contributed by atoms with Crippen LogP contribution in [0.1, 0.15) is 26.6 Å². The Kier molecular flexibility index (Phi) is 4.14. The van der Waals surface area contributed by atoms with Gasteiger partial charge in [-0.25, -0.2) is 4.98 Å². The maximum atomic E-state index is 11.4. The number of carbonyl (C=O) groups is 1. The molecule has 0 radical (unpaired) electrons. The molecule has 106 valence electrons. The summed E-state index contributed by atoms with van der Waals surface area (Å²) in [5, 5.41) is 12.1. The fraction of sp³-hybridized carbons (Fsp3) is 0.333. The number of anilines is 2. The third-order valence-corrected chi connectivity index (χ3v) is 3.66. The highest BCUT2D eigenvalue weighted by atomic mass is 32.1. The molecular weight excluding hydrogens is 276 g/mol. The Morgan fingerprint density at radius 2 is 2.15 bits per heavy atom. The molecule has 0 aromatic carbocycles. The molecule has 2 aromatic rings. The Hall–Kier alpha value is -2.22. The standard InChI is InChI=1S/C12H16N6OS/c1-6-5-8(10(13)19)11(16-7(6)2)15-4-3-9-17-18-12(14)20-9/h5H,3-4H2,1-2H3,(H2,13,19)(H2,14,18)(H,15,16). The minimum atomic E-state index is -0.497. The molecule has 0 atom stereocenters. The maximum Gasteiger partial charge on any atom is 0.252 e. The average Bonchev–Trinajstić information content (AvgIpc) is 2.79. The Labute approximate surface area is 120 Å². The molecule has 0 fully saturated rings. The van der Waals surface area contributed by atoms with E-state index < -0.39 is 5.91 Å². The molecule has 0 aliphatic carbocycles. The first-order valence-electron chi connectivity index (χ1n) is 6.07. The van der Waals surface area contributed by atoms with Gasteiger partial charge in [-0.05, 0) is 25.5 Å². The quantitative estimate of drug-likeness (QED) is 0.752. The van der Waals surface area contributed by atoms with Gasteiger partial charge in [0.05, 0.1) is 5.56 Å². The van der Waals surface area contributed by atoms with Gasteiger partial charge in [-0.2, -0.15) is 0 Å². The van der Waals surface area contributed by atoms with Gasteiger partial charge in [0.1, 0.15) is 10.8 Å². The van der Waals surface area contributed by atoms with E-state index in [1.54, 1.807) is 6.07 Å². The lowest BCUT2D eigenvalue weighted by Gasteiger charge is -2.11. The molecule has 0 spiro atoms. The van der Waals surface area contributed by atoms with Crippen molar-refractivity contribution in [2.75, 3.05) is 17.6 Å². The summed E-state index contributed by atoms with van der Waals surface area (Å²) in [4.78, 5) is 15.8. The summed E-state index contributed by atoms with van der Waals surface area (Å²) in [7, 11) is 0. The van der Waals surface area contributed by atoms with Crippen LogP contribution in [0.4, 0.5) is 10.9 Å². The zero-order valence-corrected chi connectivity index (χ0v) is 12.1. The van der Waals surface area contributed by atoms with Crippen molar-refractivity contribution in [2.45, 2.75) is 20.3 Å². The third kappa shape index (κ3) is 3.21. The number of primary amides is 1. The number of aromatic nitrogens is 3. The predicted molar refractivity (Wildman–Crippen MR) is 78.7 cm³/mol. The lowest BCUT2D eigenvalue weighted by molar-refractivity contribution is 0.100. The first kappa shape index (κ1) is 14.2. The lowest BCUT2D eigenvalue weighted by atomic mass is 10.1. The molecule has 7 nitrogen and oxygen atoms in total. The Morgan fingerprint density at radius 1 is 1.40 bits per heavy atom. The number of nitrogen functional groups attached to an aromatic ring is 1. The molecule has 0 unspecified atom stereocenters. The number of amides is 1. The van der Waals surface area contributed by atoms with E-state index in [4.69, 9.17) is 11.5 Å². The smallest absolute Gasteiger partial charge is 0.252 e. The lowest BCUT2D eigenvalue weighted by Crippen LogP contribution is -2.17. The van der Waals surface area contributed by atoms with Crippen LogP contribution in [-0.2, 0) is 6.42 Å². The molecule has 0 saturated carbocycles. The Morgan fingerprint density at radius 3 is 2.75 bits per heavy atom. The van der Waals surface area contributed by atoms with E-state index in [0.717, 1.165) is 16.3 Å². The van der Waals surface area contributed by atoms with Gasteiger partial charge in [-0.15, -0.1) is 10.2 Å². The molecule has 0 bridgehead atoms. The second kappa shape index (κ2) is 5.83. The minimum Gasteiger partial charge on any atom is -0.374 e. The van der Waals surface area contributed by atoms with Crippen molar-refractivity contribution < 1.29 is 4.79 Å². The van der Waals surface area contributed by atoms with Crippen molar-refractivity contribution in [3.8, 4) is 0 Å². The number of nitrogens with two attached hydrogens (primary N) is 2. The molecule has 0 saturated heterocycles.